The molecule has 0 saturated heterocycles. The van der Waals surface area contributed by atoms with Gasteiger partial charge in [-0.15, -0.1) is 0 Å². The molecule has 3 heteroatoms. The number of hydrogen-bond acceptors (Lipinski definition) is 2. The molecule has 0 saturated carbocycles. The van der Waals surface area contributed by atoms with E-state index >= 15 is 0 Å². The summed E-state index contributed by atoms with van der Waals surface area (Å²) in [6, 6.07) is 18.2. The van der Waals surface area contributed by atoms with Gasteiger partial charge in [-0.1, -0.05) is 48.0 Å². The van der Waals surface area contributed by atoms with E-state index in [1.807, 2.05) is 49.4 Å². The number of thioether (sulfide) groups is 1. The topological polar surface area (TPSA) is 29.1 Å². The van der Waals surface area contributed by atoms with Crippen LogP contribution in [0.4, 0.5) is 5.69 Å². The maximum absolute atomic E-state index is 11.8. The van der Waals surface area contributed by atoms with Gasteiger partial charge in [-0.05, 0) is 36.8 Å². The SMILES string of the molecule is Cc1ccc(NC(=O)CSCCc2ccccc2)cc1. The quantitative estimate of drug-likeness (QED) is 0.815. The van der Waals surface area contributed by atoms with E-state index in [9.17, 15) is 4.79 Å². The summed E-state index contributed by atoms with van der Waals surface area (Å²) >= 11 is 1.67. The van der Waals surface area contributed by atoms with E-state index in [0.29, 0.717) is 5.75 Å². The van der Waals surface area contributed by atoms with Crippen molar-refractivity contribution < 1.29 is 4.79 Å². The molecule has 20 heavy (non-hydrogen) atoms. The average Bonchev–Trinajstić information content (AvgIpc) is 2.47. The molecule has 0 aliphatic rings. The Morgan fingerprint density at radius 2 is 1.75 bits per heavy atom. The van der Waals surface area contributed by atoms with Crippen molar-refractivity contribution in [2.24, 2.45) is 0 Å². The van der Waals surface area contributed by atoms with Crippen molar-refractivity contribution >= 4 is 23.4 Å². The smallest absolute Gasteiger partial charge is 0.234 e. The second-order valence-corrected chi connectivity index (χ2v) is 5.81. The highest BCUT2D eigenvalue weighted by Crippen LogP contribution is 2.11. The molecule has 0 fully saturated rings. The summed E-state index contributed by atoms with van der Waals surface area (Å²) in [5.41, 5.74) is 3.38. The van der Waals surface area contributed by atoms with E-state index in [1.165, 1.54) is 11.1 Å². The van der Waals surface area contributed by atoms with Gasteiger partial charge in [0.25, 0.3) is 0 Å². The highest BCUT2D eigenvalue weighted by molar-refractivity contribution is 7.99. The molecule has 0 aliphatic carbocycles. The van der Waals surface area contributed by atoms with E-state index in [-0.39, 0.29) is 5.91 Å². The molecule has 2 aromatic rings. The van der Waals surface area contributed by atoms with Gasteiger partial charge >= 0.3 is 0 Å². The monoisotopic (exact) mass is 285 g/mol. The van der Waals surface area contributed by atoms with Crippen molar-refractivity contribution in [3.8, 4) is 0 Å². The normalized spacial score (nSPS) is 10.2. The summed E-state index contributed by atoms with van der Waals surface area (Å²) in [4.78, 5) is 11.8. The molecular weight excluding hydrogens is 266 g/mol. The minimum atomic E-state index is 0.0620. The van der Waals surface area contributed by atoms with Crippen LogP contribution in [0, 0.1) is 6.92 Å². The third kappa shape index (κ3) is 5.10. The van der Waals surface area contributed by atoms with Crippen LogP contribution in [-0.2, 0) is 11.2 Å². The fourth-order valence-corrected chi connectivity index (χ4v) is 2.62. The first-order chi connectivity index (χ1) is 9.74. The van der Waals surface area contributed by atoms with E-state index in [4.69, 9.17) is 0 Å². The number of amides is 1. The van der Waals surface area contributed by atoms with Crippen LogP contribution in [0.1, 0.15) is 11.1 Å². The molecule has 0 bridgehead atoms. The zero-order valence-electron chi connectivity index (χ0n) is 11.6. The first kappa shape index (κ1) is 14.7. The summed E-state index contributed by atoms with van der Waals surface area (Å²) in [7, 11) is 0. The Balaban J connectivity index is 1.66. The largest absolute Gasteiger partial charge is 0.325 e. The predicted molar refractivity (Wildman–Crippen MR) is 87.3 cm³/mol. The van der Waals surface area contributed by atoms with Crippen LogP contribution in [0.5, 0.6) is 0 Å². The Morgan fingerprint density at radius 1 is 1.05 bits per heavy atom. The highest BCUT2D eigenvalue weighted by Gasteiger charge is 2.02. The van der Waals surface area contributed by atoms with Gasteiger partial charge in [0.15, 0.2) is 0 Å². The van der Waals surface area contributed by atoms with Crippen molar-refractivity contribution in [1.82, 2.24) is 0 Å². The lowest BCUT2D eigenvalue weighted by Crippen LogP contribution is -2.14. The maximum atomic E-state index is 11.8. The Morgan fingerprint density at radius 3 is 2.45 bits per heavy atom. The Labute approximate surface area is 124 Å². The van der Waals surface area contributed by atoms with Gasteiger partial charge in [-0.3, -0.25) is 4.79 Å². The fraction of sp³-hybridized carbons (Fsp3) is 0.235. The van der Waals surface area contributed by atoms with E-state index in [0.717, 1.165) is 17.9 Å². The van der Waals surface area contributed by atoms with Crippen molar-refractivity contribution in [2.75, 3.05) is 16.8 Å². The first-order valence-corrected chi connectivity index (χ1v) is 7.88. The zero-order valence-corrected chi connectivity index (χ0v) is 12.5. The Bertz CT molecular complexity index is 537. The highest BCUT2D eigenvalue weighted by atomic mass is 32.2. The third-order valence-corrected chi connectivity index (χ3v) is 3.91. The standard InChI is InChI=1S/C17H19NOS/c1-14-7-9-16(10-8-14)18-17(19)13-20-12-11-15-5-3-2-4-6-15/h2-10H,11-13H2,1H3,(H,18,19). The number of hydrogen-bond donors (Lipinski definition) is 1. The maximum Gasteiger partial charge on any atom is 0.234 e. The summed E-state index contributed by atoms with van der Waals surface area (Å²) in [6.07, 6.45) is 1.00. The van der Waals surface area contributed by atoms with Crippen LogP contribution in [0.3, 0.4) is 0 Å². The number of rotatable bonds is 6. The molecule has 0 unspecified atom stereocenters. The molecule has 2 aromatic carbocycles. The number of anilines is 1. The third-order valence-electron chi connectivity index (χ3n) is 2.95. The van der Waals surface area contributed by atoms with Gasteiger partial charge in [0, 0.05) is 5.69 Å². The molecule has 0 atom stereocenters. The lowest BCUT2D eigenvalue weighted by molar-refractivity contribution is -0.113. The van der Waals surface area contributed by atoms with E-state index < -0.39 is 0 Å². The first-order valence-electron chi connectivity index (χ1n) is 6.72. The van der Waals surface area contributed by atoms with Crippen LogP contribution in [0.15, 0.2) is 54.6 Å². The Kier molecular flexibility index (Phi) is 5.69. The number of benzene rings is 2. The molecule has 0 heterocycles. The molecule has 1 N–H and O–H groups in total. The summed E-state index contributed by atoms with van der Waals surface area (Å²) in [5, 5.41) is 2.91. The minimum absolute atomic E-state index is 0.0620. The summed E-state index contributed by atoms with van der Waals surface area (Å²) in [6.45, 7) is 2.03. The van der Waals surface area contributed by atoms with Gasteiger partial charge in [-0.2, -0.15) is 11.8 Å². The average molecular weight is 285 g/mol. The molecule has 0 aromatic heterocycles. The molecule has 0 aliphatic heterocycles. The number of aryl methyl sites for hydroxylation is 2. The second-order valence-electron chi connectivity index (χ2n) is 4.70. The van der Waals surface area contributed by atoms with Crippen molar-refractivity contribution in [1.29, 1.82) is 0 Å². The molecule has 2 rings (SSSR count). The van der Waals surface area contributed by atoms with Crippen LogP contribution in [-0.4, -0.2) is 17.4 Å². The van der Waals surface area contributed by atoms with E-state index in [2.05, 4.69) is 17.4 Å². The molecule has 104 valence electrons. The van der Waals surface area contributed by atoms with Gasteiger partial charge in [0.05, 0.1) is 5.75 Å². The van der Waals surface area contributed by atoms with Gasteiger partial charge in [-0.25, -0.2) is 0 Å². The molecule has 0 radical (unpaired) electrons. The van der Waals surface area contributed by atoms with Crippen molar-refractivity contribution in [2.45, 2.75) is 13.3 Å². The molecule has 2 nitrogen and oxygen atoms in total. The lowest BCUT2D eigenvalue weighted by Gasteiger charge is -2.05. The molecule has 0 spiro atoms. The van der Waals surface area contributed by atoms with Crippen LogP contribution >= 0.6 is 11.8 Å². The minimum Gasteiger partial charge on any atom is -0.325 e. The molecule has 1 amide bonds. The number of carbonyl (C=O) groups excluding carboxylic acids is 1. The summed E-state index contributed by atoms with van der Waals surface area (Å²) < 4.78 is 0. The van der Waals surface area contributed by atoms with Gasteiger partial charge < -0.3 is 5.32 Å². The van der Waals surface area contributed by atoms with Gasteiger partial charge in [0.2, 0.25) is 5.91 Å². The van der Waals surface area contributed by atoms with E-state index in [1.54, 1.807) is 11.8 Å². The van der Waals surface area contributed by atoms with Crippen LogP contribution < -0.4 is 5.32 Å². The predicted octanol–water partition coefficient (Wildman–Crippen LogP) is 3.91. The summed E-state index contributed by atoms with van der Waals surface area (Å²) in [5.74, 6) is 1.53. The van der Waals surface area contributed by atoms with Crippen molar-refractivity contribution in [3.63, 3.8) is 0 Å². The number of carbonyl (C=O) groups is 1. The Hall–Kier alpha value is -1.74. The van der Waals surface area contributed by atoms with Gasteiger partial charge in [0.1, 0.15) is 0 Å². The zero-order chi connectivity index (χ0) is 14.2. The molecular formula is C17H19NOS. The van der Waals surface area contributed by atoms with Crippen LogP contribution in [0.25, 0.3) is 0 Å². The number of nitrogens with one attached hydrogen (secondary N) is 1. The lowest BCUT2D eigenvalue weighted by atomic mass is 10.2. The second kappa shape index (κ2) is 7.75. The van der Waals surface area contributed by atoms with Crippen molar-refractivity contribution in [3.05, 3.63) is 65.7 Å². The fourth-order valence-electron chi connectivity index (χ4n) is 1.83. The van der Waals surface area contributed by atoms with Crippen LogP contribution in [0.2, 0.25) is 0 Å².